The van der Waals surface area contributed by atoms with E-state index in [1.165, 1.54) is 0 Å². The van der Waals surface area contributed by atoms with Gasteiger partial charge in [-0.1, -0.05) is 72.8 Å². The Morgan fingerprint density at radius 3 is 2.26 bits per heavy atom. The maximum atomic E-state index is 13.5. The molecule has 42 heavy (non-hydrogen) atoms. The Balaban J connectivity index is 1.69. The lowest BCUT2D eigenvalue weighted by Gasteiger charge is -2.26. The number of ether oxygens (including phenoxy) is 1. The molecule has 7 heteroatoms. The molecule has 2 aromatic rings. The summed E-state index contributed by atoms with van der Waals surface area (Å²) in [4.78, 5) is 41.6. The molecule has 0 saturated carbocycles. The molecule has 0 aliphatic carbocycles. The number of benzene rings is 2. The topological polar surface area (TPSA) is 95.9 Å². The molecule has 1 heterocycles. The minimum atomic E-state index is -0.603. The van der Waals surface area contributed by atoms with E-state index in [0.717, 1.165) is 36.8 Å². The van der Waals surface area contributed by atoms with E-state index >= 15 is 0 Å². The van der Waals surface area contributed by atoms with E-state index < -0.39 is 12.0 Å². The molecule has 0 radical (unpaired) electrons. The van der Waals surface area contributed by atoms with Gasteiger partial charge in [-0.3, -0.25) is 14.4 Å². The van der Waals surface area contributed by atoms with Crippen LogP contribution in [0.15, 0.2) is 86.0 Å². The number of aliphatic hydroxyl groups is 1. The number of nitrogens with zero attached hydrogens (tertiary/aromatic N) is 1. The summed E-state index contributed by atoms with van der Waals surface area (Å²) in [6, 6.07) is 19.0. The molecule has 7 nitrogen and oxygen atoms in total. The lowest BCUT2D eigenvalue weighted by atomic mass is 9.94. The van der Waals surface area contributed by atoms with E-state index in [0.29, 0.717) is 32.2 Å². The standard InChI is InChI=1S/C35H46N2O5/c1-3-5-8-19-30(22-27-15-9-6-10-16-27)35(41)42-26-31(23-28-17-11-7-12-18-28)36-34(40)29(14-4-2)24-33(39)37-21-13-20-32(37)25-38/h3-4,6-7,9-12,15-18,29-32,38H,1-2,5,8,13-14,19-26H2,(H,36,40)/t29-,30-,31-,32+/m1/s1. The Morgan fingerprint density at radius 2 is 1.64 bits per heavy atom. The van der Waals surface area contributed by atoms with Gasteiger partial charge in [-0.05, 0) is 62.5 Å². The zero-order chi connectivity index (χ0) is 30.2. The molecule has 226 valence electrons. The highest BCUT2D eigenvalue weighted by atomic mass is 16.5. The highest BCUT2D eigenvalue weighted by Gasteiger charge is 2.32. The zero-order valence-corrected chi connectivity index (χ0v) is 24.7. The maximum Gasteiger partial charge on any atom is 0.309 e. The van der Waals surface area contributed by atoms with Gasteiger partial charge in [0.05, 0.1) is 30.5 Å². The molecule has 1 fully saturated rings. The monoisotopic (exact) mass is 574 g/mol. The molecule has 0 bridgehead atoms. The van der Waals surface area contributed by atoms with Gasteiger partial charge in [-0.15, -0.1) is 13.2 Å². The van der Waals surface area contributed by atoms with Crippen LogP contribution in [0.2, 0.25) is 0 Å². The number of carbonyl (C=O) groups is 3. The molecular formula is C35H46N2O5. The van der Waals surface area contributed by atoms with E-state index in [1.54, 1.807) is 11.0 Å². The van der Waals surface area contributed by atoms with Crippen LogP contribution >= 0.6 is 0 Å². The van der Waals surface area contributed by atoms with Crippen LogP contribution in [0.4, 0.5) is 0 Å². The molecule has 1 aliphatic rings. The first-order valence-electron chi connectivity index (χ1n) is 15.1. The number of hydrogen-bond acceptors (Lipinski definition) is 5. The van der Waals surface area contributed by atoms with Crippen molar-refractivity contribution in [3.8, 4) is 0 Å². The van der Waals surface area contributed by atoms with Crippen LogP contribution in [-0.2, 0) is 32.0 Å². The second-order valence-corrected chi connectivity index (χ2v) is 11.1. The van der Waals surface area contributed by atoms with Crippen LogP contribution in [-0.4, -0.2) is 59.6 Å². The van der Waals surface area contributed by atoms with Crippen molar-refractivity contribution < 1.29 is 24.2 Å². The molecular weight excluding hydrogens is 528 g/mol. The van der Waals surface area contributed by atoms with Gasteiger partial charge >= 0.3 is 5.97 Å². The smallest absolute Gasteiger partial charge is 0.309 e. The number of nitrogens with one attached hydrogen (secondary N) is 1. The van der Waals surface area contributed by atoms with Crippen LogP contribution in [0.5, 0.6) is 0 Å². The Bertz CT molecular complexity index is 1140. The summed E-state index contributed by atoms with van der Waals surface area (Å²) in [5, 5.41) is 12.7. The van der Waals surface area contributed by atoms with Crippen molar-refractivity contribution in [1.29, 1.82) is 0 Å². The summed E-state index contributed by atoms with van der Waals surface area (Å²) in [5.74, 6) is -1.59. The second kappa shape index (κ2) is 18.0. The molecule has 1 saturated heterocycles. The summed E-state index contributed by atoms with van der Waals surface area (Å²) in [7, 11) is 0. The molecule has 2 N–H and O–H groups in total. The molecule has 0 spiro atoms. The van der Waals surface area contributed by atoms with Gasteiger partial charge in [0.1, 0.15) is 6.61 Å². The van der Waals surface area contributed by atoms with Crippen LogP contribution in [0, 0.1) is 11.8 Å². The number of unbranched alkanes of at least 4 members (excludes halogenated alkanes) is 1. The largest absolute Gasteiger partial charge is 0.463 e. The number of hydrogen-bond donors (Lipinski definition) is 2. The van der Waals surface area contributed by atoms with E-state index in [-0.39, 0.29) is 49.4 Å². The summed E-state index contributed by atoms with van der Waals surface area (Å²) in [5.41, 5.74) is 2.08. The fourth-order valence-electron chi connectivity index (χ4n) is 5.55. The third kappa shape index (κ3) is 10.6. The molecule has 2 amide bonds. The Morgan fingerprint density at radius 1 is 0.976 bits per heavy atom. The average molecular weight is 575 g/mol. The highest BCUT2D eigenvalue weighted by molar-refractivity contribution is 5.86. The van der Waals surface area contributed by atoms with Crippen molar-refractivity contribution >= 4 is 17.8 Å². The van der Waals surface area contributed by atoms with Crippen molar-refractivity contribution in [1.82, 2.24) is 10.2 Å². The van der Waals surface area contributed by atoms with E-state index in [1.807, 2.05) is 66.7 Å². The molecule has 0 unspecified atom stereocenters. The SMILES string of the molecule is C=CCCC[C@H](Cc1ccccc1)C(=O)OC[C@@H](Cc1ccccc1)NC(=O)[C@H](CC=C)CC(=O)N1CCC[C@H]1CO. The third-order valence-corrected chi connectivity index (χ3v) is 7.87. The fraction of sp³-hybridized carbons (Fsp3) is 0.457. The van der Waals surface area contributed by atoms with Crippen molar-refractivity contribution in [2.75, 3.05) is 19.8 Å². The number of amides is 2. The van der Waals surface area contributed by atoms with Gasteiger partial charge in [0, 0.05) is 13.0 Å². The van der Waals surface area contributed by atoms with Crippen LogP contribution in [0.1, 0.15) is 56.1 Å². The summed E-state index contributed by atoms with van der Waals surface area (Å²) >= 11 is 0. The first-order chi connectivity index (χ1) is 20.4. The first-order valence-corrected chi connectivity index (χ1v) is 15.1. The number of aliphatic hydroxyl groups excluding tert-OH is 1. The normalized spacial score (nSPS) is 16.7. The number of esters is 1. The van der Waals surface area contributed by atoms with Crippen LogP contribution < -0.4 is 5.32 Å². The van der Waals surface area contributed by atoms with Crippen molar-refractivity contribution in [2.45, 2.75) is 69.9 Å². The van der Waals surface area contributed by atoms with Gasteiger partial charge < -0.3 is 20.1 Å². The van der Waals surface area contributed by atoms with Crippen molar-refractivity contribution in [3.63, 3.8) is 0 Å². The van der Waals surface area contributed by atoms with Gasteiger partial charge in [-0.25, -0.2) is 0 Å². The first kappa shape index (κ1) is 32.8. The number of likely N-dealkylation sites (tertiary alicyclic amines) is 1. The minimum absolute atomic E-state index is 0.0275. The lowest BCUT2D eigenvalue weighted by Crippen LogP contribution is -2.45. The van der Waals surface area contributed by atoms with E-state index in [4.69, 9.17) is 4.74 Å². The van der Waals surface area contributed by atoms with Crippen molar-refractivity contribution in [3.05, 3.63) is 97.1 Å². The predicted octanol–water partition coefficient (Wildman–Crippen LogP) is 5.04. The highest BCUT2D eigenvalue weighted by Crippen LogP contribution is 2.22. The van der Waals surface area contributed by atoms with Gasteiger partial charge in [0.15, 0.2) is 0 Å². The van der Waals surface area contributed by atoms with E-state index in [2.05, 4.69) is 18.5 Å². The Labute approximate surface area is 250 Å². The summed E-state index contributed by atoms with van der Waals surface area (Å²) < 4.78 is 5.87. The molecule has 3 rings (SSSR count). The minimum Gasteiger partial charge on any atom is -0.463 e. The summed E-state index contributed by atoms with van der Waals surface area (Å²) in [6.45, 7) is 8.13. The number of carbonyl (C=O) groups excluding carboxylic acids is 3. The zero-order valence-electron chi connectivity index (χ0n) is 24.7. The van der Waals surface area contributed by atoms with Crippen molar-refractivity contribution in [2.24, 2.45) is 11.8 Å². The fourth-order valence-corrected chi connectivity index (χ4v) is 5.55. The van der Waals surface area contributed by atoms with Crippen LogP contribution in [0.25, 0.3) is 0 Å². The third-order valence-electron chi connectivity index (χ3n) is 7.87. The quantitative estimate of drug-likeness (QED) is 0.148. The predicted molar refractivity (Wildman–Crippen MR) is 165 cm³/mol. The molecule has 1 aliphatic heterocycles. The second-order valence-electron chi connectivity index (χ2n) is 11.1. The van der Waals surface area contributed by atoms with Gasteiger partial charge in [0.2, 0.25) is 11.8 Å². The van der Waals surface area contributed by atoms with Gasteiger partial charge in [-0.2, -0.15) is 0 Å². The summed E-state index contributed by atoms with van der Waals surface area (Å²) in [6.07, 6.45) is 8.91. The molecule has 2 aromatic carbocycles. The Hall–Kier alpha value is -3.71. The Kier molecular flexibility index (Phi) is 14.0. The average Bonchev–Trinajstić information content (AvgIpc) is 3.49. The van der Waals surface area contributed by atoms with E-state index in [9.17, 15) is 19.5 Å². The maximum absolute atomic E-state index is 13.5. The molecule has 0 aromatic heterocycles. The number of allylic oxidation sites excluding steroid dienone is 2. The molecule has 4 atom stereocenters. The van der Waals surface area contributed by atoms with Gasteiger partial charge in [0.25, 0.3) is 0 Å². The van der Waals surface area contributed by atoms with Crippen LogP contribution in [0.3, 0.4) is 0 Å². The lowest BCUT2D eigenvalue weighted by molar-refractivity contribution is -0.150. The number of rotatable bonds is 18.